The predicted octanol–water partition coefficient (Wildman–Crippen LogP) is 9.71. The summed E-state index contributed by atoms with van der Waals surface area (Å²) in [6.45, 7) is 44.6. The minimum atomic E-state index is -1.73. The summed E-state index contributed by atoms with van der Waals surface area (Å²) in [4.78, 5) is 0. The molecule has 6 fully saturated rings. The van der Waals surface area contributed by atoms with Gasteiger partial charge in [0.1, 0.15) is 174 Å². The first kappa shape index (κ1) is 122. The third-order valence-corrected chi connectivity index (χ3v) is 31.0. The molecular formula is C115H170O35. The maximum atomic E-state index is 11.4. The van der Waals surface area contributed by atoms with Crippen LogP contribution in [0.3, 0.4) is 0 Å². The van der Waals surface area contributed by atoms with Crippen LogP contribution in [0.25, 0.3) is 0 Å². The van der Waals surface area contributed by atoms with Gasteiger partial charge in [-0.1, -0.05) is 169 Å². The van der Waals surface area contributed by atoms with E-state index in [-0.39, 0.29) is 70.3 Å². The normalized spacial score (nSPS) is 36.1. The zero-order chi connectivity index (χ0) is 110. The molecule has 840 valence electrons. The molecule has 38 atom stereocenters. The van der Waals surface area contributed by atoms with Gasteiger partial charge in [0.05, 0.1) is 38.1 Å². The molecule has 10 aliphatic rings. The monoisotopic (exact) mass is 2110 g/mol. The van der Waals surface area contributed by atoms with Gasteiger partial charge < -0.3 is 174 Å². The van der Waals surface area contributed by atoms with Gasteiger partial charge in [-0.2, -0.15) is 0 Å². The molecule has 0 aromatic heterocycles. The summed E-state index contributed by atoms with van der Waals surface area (Å²) in [5, 5.41) is 241. The number of aliphatic hydroxyl groups excluding tert-OH is 20. The number of aliphatic hydroxyl groups is 20. The average Bonchev–Trinajstić information content (AvgIpc) is 0.776. The molecular weight excluding hydrogens is 1940 g/mol. The molecule has 150 heavy (non-hydrogen) atoms. The van der Waals surface area contributed by atoms with Crippen LogP contribution in [-0.4, -0.2) is 322 Å². The lowest BCUT2D eigenvalue weighted by Crippen LogP contribution is -2.64. The third kappa shape index (κ3) is 28.6. The van der Waals surface area contributed by atoms with E-state index >= 15 is 0 Å². The van der Waals surface area contributed by atoms with Crippen LogP contribution in [0.1, 0.15) is 268 Å². The van der Waals surface area contributed by atoms with E-state index in [0.29, 0.717) is 77.4 Å². The Morgan fingerprint density at radius 3 is 0.720 bits per heavy atom. The molecule has 0 radical (unpaired) electrons. The van der Waals surface area contributed by atoms with Gasteiger partial charge in [-0.05, 0) is 246 Å². The molecule has 0 amide bonds. The van der Waals surface area contributed by atoms with Crippen LogP contribution >= 0.6 is 0 Å². The van der Waals surface area contributed by atoms with Crippen molar-refractivity contribution < 1.29 is 174 Å². The quantitative estimate of drug-likeness (QED) is 0.0193. The third-order valence-electron chi connectivity index (χ3n) is 31.0. The first-order valence-electron chi connectivity index (χ1n) is 53.5. The highest BCUT2D eigenvalue weighted by atomic mass is 16.8. The number of ether oxygens (including phenoxy) is 12. The van der Waals surface area contributed by atoms with Crippen molar-refractivity contribution in [1.29, 1.82) is 0 Å². The molecule has 0 spiro atoms. The van der Waals surface area contributed by atoms with Gasteiger partial charge in [-0.25, -0.2) is 0 Å². The van der Waals surface area contributed by atoms with Gasteiger partial charge in [-0.3, -0.25) is 0 Å². The van der Waals surface area contributed by atoms with Crippen molar-refractivity contribution in [2.24, 2.45) is 23.7 Å². The average molecular weight is 2110 g/mol. The van der Waals surface area contributed by atoms with E-state index in [2.05, 4.69) is 71.4 Å². The van der Waals surface area contributed by atoms with Gasteiger partial charge in [0.25, 0.3) is 0 Å². The number of benzene rings is 4. The van der Waals surface area contributed by atoms with Crippen molar-refractivity contribution >= 4 is 0 Å². The van der Waals surface area contributed by atoms with Crippen LogP contribution in [0.15, 0.2) is 144 Å². The number of phenols is 3. The molecule has 4 aromatic rings. The van der Waals surface area contributed by atoms with E-state index in [9.17, 15) is 117 Å². The van der Waals surface area contributed by atoms with E-state index in [1.54, 1.807) is 32.0 Å². The second-order valence-corrected chi connectivity index (χ2v) is 42.8. The molecule has 35 heteroatoms. The number of phenolic OH excluding ortho intramolecular Hbond substituents is 3. The summed E-state index contributed by atoms with van der Waals surface area (Å²) >= 11 is 0. The minimum Gasteiger partial charge on any atom is -0.507 e. The molecule has 6 aliphatic heterocycles. The molecule has 14 rings (SSSR count). The highest BCUT2D eigenvalue weighted by molar-refractivity contribution is 5.57. The Morgan fingerprint density at radius 1 is 0.273 bits per heavy atom. The van der Waals surface area contributed by atoms with Crippen LogP contribution in [0, 0.1) is 23.7 Å². The topological polar surface area (TPSA) is 576 Å². The Balaban J connectivity index is 0.000000191. The van der Waals surface area contributed by atoms with E-state index < -0.39 is 204 Å². The largest absolute Gasteiger partial charge is 0.507 e. The van der Waals surface area contributed by atoms with Crippen molar-refractivity contribution in [1.82, 2.24) is 0 Å². The Kier molecular flexibility index (Phi) is 45.0. The van der Waals surface area contributed by atoms with Gasteiger partial charge in [-0.15, -0.1) is 0 Å². The summed E-state index contributed by atoms with van der Waals surface area (Å²) in [5.74, 6) is 1.47. The number of aromatic hydroxyl groups is 3. The van der Waals surface area contributed by atoms with E-state index in [1.165, 1.54) is 16.7 Å². The number of allylic oxidation sites excluding steroid dienone is 12. The molecule has 4 aromatic carbocycles. The first-order chi connectivity index (χ1) is 71.2. The molecule has 6 saturated heterocycles. The van der Waals surface area contributed by atoms with Crippen LogP contribution in [0.2, 0.25) is 0 Å². The van der Waals surface area contributed by atoms with Gasteiger partial charge in [0.2, 0.25) is 31.5 Å². The van der Waals surface area contributed by atoms with Crippen molar-refractivity contribution in [2.75, 3.05) is 19.8 Å². The second-order valence-electron chi connectivity index (χ2n) is 42.8. The van der Waals surface area contributed by atoms with Crippen LogP contribution < -0.4 is 23.7 Å². The van der Waals surface area contributed by atoms with Crippen molar-refractivity contribution in [2.45, 2.75) is 434 Å². The highest BCUT2D eigenvalue weighted by Crippen LogP contribution is 2.55. The SMILES string of the molecule is C=C(C)[C@@H]1CCC(C)=C[C@H]1c1c(O)cc(CCC)cc1O[C@@H]1O[C@H](CC)[C@@H](O)[C@H](O)[C@H]1O.C=C(C)[C@@H]1CCC(C)=C[C@H]1c1c(O)cc(CCC)cc1O[C@@H]1O[C@H](CC)[C@@H](O)[C@H](O[C@@H]2O[C@H](CO)[C@@H](O)[C@H](O)[C@H]2O)[C@H]1O.C=C(C)[C@@H]1CCC(C)=C[C@H]1c1c(O)cc(CCC)cc1O[C@@H]1O[C@H](CO)[C@@H](O)[C@H](O)[C@H]1O.C=C(C)[C@@H]1CCC(C)=C[C@H]1c1c(O[C@@H]2O[C@H](CC)[C@@H](O)[C@H](O)[C@H]2O)cc(CCC)cc1O[C@@H]1O[C@H](CO)[C@@H](O)[C@H](O)[C@H]1O. The Morgan fingerprint density at radius 2 is 0.480 bits per heavy atom. The van der Waals surface area contributed by atoms with E-state index in [4.69, 9.17) is 56.8 Å². The lowest BCUT2D eigenvalue weighted by molar-refractivity contribution is -0.351. The molecule has 0 unspecified atom stereocenters. The summed E-state index contributed by atoms with van der Waals surface area (Å²) in [5.41, 5.74) is 14.5. The molecule has 35 nitrogen and oxygen atoms in total. The maximum Gasteiger partial charge on any atom is 0.229 e. The van der Waals surface area contributed by atoms with Crippen molar-refractivity contribution in [3.05, 3.63) is 188 Å². The maximum absolute atomic E-state index is 11.4. The lowest BCUT2D eigenvalue weighted by Gasteiger charge is -2.46. The summed E-state index contributed by atoms with van der Waals surface area (Å²) in [6.07, 6.45) is -17.9. The van der Waals surface area contributed by atoms with Crippen LogP contribution in [0.5, 0.6) is 46.0 Å². The summed E-state index contributed by atoms with van der Waals surface area (Å²) in [7, 11) is 0. The van der Waals surface area contributed by atoms with Gasteiger partial charge in [0, 0.05) is 45.9 Å². The first-order valence-corrected chi connectivity index (χ1v) is 53.5. The van der Waals surface area contributed by atoms with Gasteiger partial charge in [0.15, 0.2) is 6.29 Å². The predicted molar refractivity (Wildman–Crippen MR) is 557 cm³/mol. The molecule has 0 saturated carbocycles. The van der Waals surface area contributed by atoms with E-state index in [1.807, 2.05) is 99.6 Å². The molecule has 6 heterocycles. The van der Waals surface area contributed by atoms with E-state index in [0.717, 1.165) is 140 Å². The Labute approximate surface area is 881 Å². The number of hydrogen-bond donors (Lipinski definition) is 23. The summed E-state index contributed by atoms with van der Waals surface area (Å²) in [6, 6.07) is 14.5. The number of rotatable bonds is 34. The zero-order valence-electron chi connectivity index (χ0n) is 89.4. The molecule has 4 aliphatic carbocycles. The molecule has 0 bridgehead atoms. The van der Waals surface area contributed by atoms with Crippen molar-refractivity contribution in [3.63, 3.8) is 0 Å². The lowest BCUT2D eigenvalue weighted by atomic mass is 9.73. The molecule has 23 N–H and O–H groups in total. The minimum absolute atomic E-state index is 0.0202. The van der Waals surface area contributed by atoms with Crippen LogP contribution in [0.4, 0.5) is 0 Å². The fraction of sp³-hybridized carbons (Fsp3) is 0.652. The number of hydrogen-bond acceptors (Lipinski definition) is 35. The zero-order valence-corrected chi connectivity index (χ0v) is 89.4. The number of aryl methyl sites for hydroxylation is 4. The standard InChI is InChI=1S/2C32H48O11.C26H38O6.C25H36O7/c1-6-8-17-12-20(34)24(19-11-16(5)9-10-18(19)15(3)4)22(13-17)41-32-29(39)30(26(36)21(7-2)40-32)43-31-28(38)27(37)25(35)23(14-33)42-31;1-6-8-17-12-21(41-31-29(38)27(36)25(34)20(7-2)40-31)24(19-11-16(5)9-10-18(19)15(3)4)22(13-17)42-32-30(39)28(37)26(35)23(14-33)43-32;1-6-8-16-12-19(27)22(18-11-15(5)9-10-17(18)14(3)4)21(13-16)32-26-25(30)24(29)23(28)20(7-2)31-26;1-5-6-15-10-18(27)21(17-9-14(4)7-8-16(17)13(2)3)19(11-15)31-25-24(30)23(29)22(28)20(12-26)32-25/h11-13,18-19,21,23,25-39H,3,6-10,14H2,1-2,4-5H3;11-13,18-20,23,25-39H,3,6-10,14H2,1-2,4-5H3;11-13,17-18,20,23-30H,3,6-10H2,1-2,4-5H3;9-11,16-17,20,22-30H,2,5-8,12H2,1,3-4H3/t18-,19+,21+,23+,25+,26+,27-,28+,29+,30-,31-,32-;18-,19+,20+,23+,25+,26+,27-,28-,29+,30+,31-,32+;17-,18+,20+,23+,24-,25+,26-;16-,17+,20+,22+,23-,24+,25+/m0000/s1. The Hall–Kier alpha value is -7.88. The summed E-state index contributed by atoms with van der Waals surface area (Å²) < 4.78 is 71.6. The Bertz CT molecular complexity index is 5020. The van der Waals surface area contributed by atoms with Crippen LogP contribution in [-0.2, 0) is 58.8 Å². The smallest absolute Gasteiger partial charge is 0.229 e. The van der Waals surface area contributed by atoms with Crippen molar-refractivity contribution in [3.8, 4) is 46.0 Å². The second kappa shape index (κ2) is 55.2. The fourth-order valence-corrected chi connectivity index (χ4v) is 22.3. The highest BCUT2D eigenvalue weighted by Gasteiger charge is 2.55. The van der Waals surface area contributed by atoms with Gasteiger partial charge >= 0.3 is 0 Å². The fourth-order valence-electron chi connectivity index (χ4n) is 22.3.